The van der Waals surface area contributed by atoms with E-state index in [0.717, 1.165) is 0 Å². The first-order valence-corrected chi connectivity index (χ1v) is 14.8. The molecule has 4 unspecified atom stereocenters. The van der Waals surface area contributed by atoms with Crippen molar-refractivity contribution in [1.82, 2.24) is 9.96 Å². The Bertz CT molecular complexity index is 1070. The molecule has 0 aromatic heterocycles. The molecule has 1 fully saturated rings. The minimum Gasteiger partial charge on any atom is -0.373 e. The Morgan fingerprint density at radius 3 is 2.08 bits per heavy atom. The molecule has 2 rings (SSSR count). The number of amides is 4. The van der Waals surface area contributed by atoms with Crippen molar-refractivity contribution in [3.63, 3.8) is 0 Å². The predicted octanol–water partition coefficient (Wildman–Crippen LogP) is 1.89. The summed E-state index contributed by atoms with van der Waals surface area (Å²) in [5, 5.41) is -2.21. The molecule has 0 aromatic rings. The molecule has 2 heterocycles. The Hall–Kier alpha value is -2.29. The number of carbonyl (C=O) groups is 5. The van der Waals surface area contributed by atoms with E-state index in [1.54, 1.807) is 13.8 Å². The number of imide groups is 2. The summed E-state index contributed by atoms with van der Waals surface area (Å²) < 4.78 is 39.9. The second-order valence-electron chi connectivity index (χ2n) is 10.4. The Morgan fingerprint density at radius 1 is 1.08 bits per heavy atom. The fraction of sp³-hybridized carbons (Fsp3) is 0.708. The second kappa shape index (κ2) is 12.3. The summed E-state index contributed by atoms with van der Waals surface area (Å²) >= 11 is 1.34. The molecule has 214 valence electrons. The molecule has 0 aromatic carbocycles. The minimum absolute atomic E-state index is 0.122. The summed E-state index contributed by atoms with van der Waals surface area (Å²) in [5.74, 6) is -4.14. The normalized spacial score (nSPS) is 20.6. The lowest BCUT2D eigenvalue weighted by atomic mass is 9.96. The van der Waals surface area contributed by atoms with Crippen LogP contribution in [0.2, 0.25) is 0 Å². The smallest absolute Gasteiger partial charge is 0.354 e. The zero-order valence-electron chi connectivity index (χ0n) is 22.5. The van der Waals surface area contributed by atoms with Crippen LogP contribution in [-0.2, 0) is 43.7 Å². The van der Waals surface area contributed by atoms with Crippen molar-refractivity contribution in [2.45, 2.75) is 88.9 Å². The highest BCUT2D eigenvalue weighted by Crippen LogP contribution is 2.31. The van der Waals surface area contributed by atoms with Gasteiger partial charge in [-0.05, 0) is 45.3 Å². The first kappa shape index (κ1) is 31.9. The highest BCUT2D eigenvalue weighted by molar-refractivity contribution is 7.99. The van der Waals surface area contributed by atoms with Crippen molar-refractivity contribution < 1.29 is 46.5 Å². The van der Waals surface area contributed by atoms with Gasteiger partial charge in [-0.1, -0.05) is 20.8 Å². The average Bonchev–Trinajstić information content (AvgIpc) is 3.32. The molecule has 12 nitrogen and oxygen atoms in total. The Morgan fingerprint density at radius 2 is 1.61 bits per heavy atom. The summed E-state index contributed by atoms with van der Waals surface area (Å²) in [6, 6.07) is 0. The summed E-state index contributed by atoms with van der Waals surface area (Å²) in [6.45, 7) is 10.6. The van der Waals surface area contributed by atoms with E-state index < -0.39 is 55.5 Å². The molecule has 14 heteroatoms. The van der Waals surface area contributed by atoms with Crippen LogP contribution in [-0.4, -0.2) is 86.5 Å². The molecule has 2 aliphatic heterocycles. The lowest BCUT2D eigenvalue weighted by molar-refractivity contribution is -0.197. The topological polar surface area (TPSA) is 165 Å². The number of ether oxygens (including phenoxy) is 1. The lowest BCUT2D eigenvalue weighted by Crippen LogP contribution is -2.53. The van der Waals surface area contributed by atoms with Crippen LogP contribution >= 0.6 is 11.8 Å². The molecule has 0 saturated carbocycles. The van der Waals surface area contributed by atoms with Crippen molar-refractivity contribution in [3.8, 4) is 0 Å². The molecule has 4 atom stereocenters. The van der Waals surface area contributed by atoms with E-state index in [-0.39, 0.29) is 36.3 Å². The number of carbonyl (C=O) groups excluding carboxylic acids is 5. The van der Waals surface area contributed by atoms with Gasteiger partial charge in [0.15, 0.2) is 5.25 Å². The third-order valence-electron chi connectivity index (χ3n) is 6.93. The minimum atomic E-state index is -4.91. The number of rotatable bonds is 14. The standard InChI is InChI=1S/C24H36N2O10S2/c1-7-24(6,25-17(27)8-9-18(25)28)14-35-23(4,5)12-13-37-16(3)15(2)21(38(32,33)34)22(31)36-26-19(29)10-11-20(26)30/h8-9,15-16,21H,7,10-14H2,1-6H3,(H,32,33,34). The van der Waals surface area contributed by atoms with Gasteiger partial charge in [0.25, 0.3) is 33.7 Å². The zero-order valence-corrected chi connectivity index (χ0v) is 24.1. The summed E-state index contributed by atoms with van der Waals surface area (Å²) in [5.41, 5.74) is -1.49. The first-order chi connectivity index (χ1) is 17.4. The van der Waals surface area contributed by atoms with Gasteiger partial charge in [-0.15, -0.1) is 5.06 Å². The first-order valence-electron chi connectivity index (χ1n) is 12.3. The van der Waals surface area contributed by atoms with E-state index in [1.807, 2.05) is 20.8 Å². The molecule has 0 aliphatic carbocycles. The van der Waals surface area contributed by atoms with Crippen molar-refractivity contribution in [2.75, 3.05) is 12.4 Å². The van der Waals surface area contributed by atoms with E-state index in [9.17, 15) is 36.9 Å². The molecule has 1 saturated heterocycles. The third-order valence-corrected chi connectivity index (χ3v) is 9.59. The zero-order chi connectivity index (χ0) is 29.1. The fourth-order valence-corrected chi connectivity index (χ4v) is 6.58. The number of hydrogen-bond donors (Lipinski definition) is 1. The monoisotopic (exact) mass is 576 g/mol. The van der Waals surface area contributed by atoms with Gasteiger partial charge in [0, 0.05) is 30.2 Å². The van der Waals surface area contributed by atoms with Crippen molar-refractivity contribution in [1.29, 1.82) is 0 Å². The highest BCUT2D eigenvalue weighted by atomic mass is 32.2. The molecule has 38 heavy (non-hydrogen) atoms. The summed E-state index contributed by atoms with van der Waals surface area (Å²) in [6.07, 6.45) is 3.16. The van der Waals surface area contributed by atoms with Crippen LogP contribution in [0.15, 0.2) is 12.2 Å². The van der Waals surface area contributed by atoms with Crippen LogP contribution in [0, 0.1) is 5.92 Å². The lowest BCUT2D eigenvalue weighted by Gasteiger charge is -2.39. The SMILES string of the molecule is CCC(C)(COC(C)(C)CCSC(C)C(C)C(C(=O)ON1C(=O)CCC1=O)S(=O)(=O)O)N1C(=O)C=CC1=O. The Labute approximate surface area is 227 Å². The molecular formula is C24H36N2O10S2. The Kier molecular flexibility index (Phi) is 10.3. The quantitative estimate of drug-likeness (QED) is 0.237. The highest BCUT2D eigenvalue weighted by Gasteiger charge is 2.44. The van der Waals surface area contributed by atoms with E-state index in [1.165, 1.54) is 35.7 Å². The maximum Gasteiger partial charge on any atom is 0.354 e. The number of hydrogen-bond acceptors (Lipinski definition) is 10. The van der Waals surface area contributed by atoms with E-state index in [0.29, 0.717) is 18.6 Å². The van der Waals surface area contributed by atoms with Crippen molar-refractivity contribution in [2.24, 2.45) is 5.92 Å². The number of nitrogens with zero attached hydrogens (tertiary/aromatic N) is 2. The summed E-state index contributed by atoms with van der Waals surface area (Å²) in [4.78, 5) is 66.3. The van der Waals surface area contributed by atoms with Gasteiger partial charge in [0.2, 0.25) is 0 Å². The number of hydroxylamine groups is 2. The molecule has 0 bridgehead atoms. The van der Waals surface area contributed by atoms with Gasteiger partial charge in [-0.3, -0.25) is 28.6 Å². The van der Waals surface area contributed by atoms with Crippen LogP contribution in [0.1, 0.15) is 67.2 Å². The van der Waals surface area contributed by atoms with Crippen LogP contribution in [0.4, 0.5) is 0 Å². The summed E-state index contributed by atoms with van der Waals surface area (Å²) in [7, 11) is -4.91. The van der Waals surface area contributed by atoms with E-state index in [2.05, 4.69) is 0 Å². The molecule has 1 N–H and O–H groups in total. The third kappa shape index (κ3) is 7.64. The van der Waals surface area contributed by atoms with Crippen molar-refractivity contribution in [3.05, 3.63) is 12.2 Å². The van der Waals surface area contributed by atoms with Crippen LogP contribution < -0.4 is 0 Å². The van der Waals surface area contributed by atoms with Crippen LogP contribution in [0.3, 0.4) is 0 Å². The molecule has 4 amide bonds. The maximum absolute atomic E-state index is 12.6. The molecule has 0 spiro atoms. The molecular weight excluding hydrogens is 540 g/mol. The van der Waals surface area contributed by atoms with Gasteiger partial charge < -0.3 is 9.57 Å². The van der Waals surface area contributed by atoms with E-state index in [4.69, 9.17) is 9.57 Å². The second-order valence-corrected chi connectivity index (χ2v) is 13.4. The van der Waals surface area contributed by atoms with Gasteiger partial charge in [-0.2, -0.15) is 20.2 Å². The van der Waals surface area contributed by atoms with Gasteiger partial charge in [0.1, 0.15) is 0 Å². The van der Waals surface area contributed by atoms with Gasteiger partial charge in [-0.25, -0.2) is 4.79 Å². The van der Waals surface area contributed by atoms with Crippen LogP contribution in [0.25, 0.3) is 0 Å². The van der Waals surface area contributed by atoms with E-state index >= 15 is 0 Å². The maximum atomic E-state index is 12.6. The molecule has 2 aliphatic rings. The molecule has 0 radical (unpaired) electrons. The van der Waals surface area contributed by atoms with Gasteiger partial charge in [0.05, 0.1) is 17.7 Å². The average molecular weight is 577 g/mol. The van der Waals surface area contributed by atoms with Crippen LogP contribution in [0.5, 0.6) is 0 Å². The largest absolute Gasteiger partial charge is 0.373 e. The Balaban J connectivity index is 1.96. The van der Waals surface area contributed by atoms with Crippen molar-refractivity contribution >= 4 is 51.5 Å². The van der Waals surface area contributed by atoms with Gasteiger partial charge >= 0.3 is 5.97 Å². The fourth-order valence-electron chi connectivity index (χ4n) is 3.98. The predicted molar refractivity (Wildman–Crippen MR) is 138 cm³/mol. The number of thioether (sulfide) groups is 1.